The van der Waals surface area contributed by atoms with Gasteiger partial charge in [0.15, 0.2) is 0 Å². The summed E-state index contributed by atoms with van der Waals surface area (Å²) in [5.74, 6) is 0. The third-order valence-electron chi connectivity index (χ3n) is 2.29. The highest BCUT2D eigenvalue weighted by Gasteiger charge is 2.19. The third-order valence-corrected chi connectivity index (χ3v) is 6.32. The summed E-state index contributed by atoms with van der Waals surface area (Å²) < 4.78 is 37.6. The van der Waals surface area contributed by atoms with Gasteiger partial charge in [0.1, 0.15) is 4.21 Å². The molecule has 0 aliphatic carbocycles. The van der Waals surface area contributed by atoms with Gasteiger partial charge in [-0.2, -0.15) is 0 Å². The van der Waals surface area contributed by atoms with Crippen molar-refractivity contribution >= 4 is 37.3 Å². The Labute approximate surface area is 120 Å². The molecule has 1 aromatic heterocycles. The fourth-order valence-electron chi connectivity index (χ4n) is 1.23. The van der Waals surface area contributed by atoms with Crippen molar-refractivity contribution in [2.75, 3.05) is 27.4 Å². The molecule has 0 aliphatic heterocycles. The van der Waals surface area contributed by atoms with Crippen molar-refractivity contribution < 1.29 is 17.9 Å². The van der Waals surface area contributed by atoms with E-state index in [1.165, 1.54) is 18.4 Å². The molecule has 1 atom stereocenters. The van der Waals surface area contributed by atoms with Crippen LogP contribution in [0.5, 0.6) is 0 Å². The Balaban J connectivity index is 2.70. The molecule has 1 heterocycles. The molecular weight excluding hydrogens is 342 g/mol. The van der Waals surface area contributed by atoms with Crippen molar-refractivity contribution in [3.05, 3.63) is 15.4 Å². The number of thiophene rings is 1. The van der Waals surface area contributed by atoms with E-state index in [9.17, 15) is 8.42 Å². The summed E-state index contributed by atoms with van der Waals surface area (Å²) in [6, 6.07) is 1.63. The molecule has 0 radical (unpaired) electrons. The number of nitrogens with one attached hydrogen (secondary N) is 1. The van der Waals surface area contributed by atoms with E-state index in [1.807, 2.05) is 6.92 Å². The van der Waals surface area contributed by atoms with E-state index >= 15 is 0 Å². The second-order valence-electron chi connectivity index (χ2n) is 3.69. The molecule has 1 aromatic rings. The SMILES string of the molecule is COCC(CNS(=O)(=O)c1cc(C)c(Br)s1)OC. The normalized spacial score (nSPS) is 13.8. The minimum atomic E-state index is -3.48. The van der Waals surface area contributed by atoms with Gasteiger partial charge in [0.25, 0.3) is 0 Å². The average molecular weight is 358 g/mol. The summed E-state index contributed by atoms with van der Waals surface area (Å²) in [5, 5.41) is 0. The zero-order chi connectivity index (χ0) is 13.8. The van der Waals surface area contributed by atoms with E-state index in [0.717, 1.165) is 9.35 Å². The van der Waals surface area contributed by atoms with Crippen LogP contribution in [-0.4, -0.2) is 41.9 Å². The average Bonchev–Trinajstić information content (AvgIpc) is 2.66. The number of hydrogen-bond donors (Lipinski definition) is 1. The van der Waals surface area contributed by atoms with Crippen LogP contribution in [0.1, 0.15) is 5.56 Å². The van der Waals surface area contributed by atoms with Crippen LogP contribution in [-0.2, 0) is 19.5 Å². The predicted molar refractivity (Wildman–Crippen MR) is 74.6 cm³/mol. The molecular formula is C10H16BrNO4S2. The van der Waals surface area contributed by atoms with Crippen molar-refractivity contribution in [3.8, 4) is 0 Å². The highest BCUT2D eigenvalue weighted by Crippen LogP contribution is 2.30. The number of methoxy groups -OCH3 is 2. The van der Waals surface area contributed by atoms with Gasteiger partial charge in [0, 0.05) is 20.8 Å². The lowest BCUT2D eigenvalue weighted by Gasteiger charge is -2.14. The third kappa shape index (κ3) is 4.29. The molecule has 1 rings (SSSR count). The molecule has 0 spiro atoms. The first kappa shape index (κ1) is 16.1. The number of ether oxygens (including phenoxy) is 2. The van der Waals surface area contributed by atoms with Gasteiger partial charge < -0.3 is 9.47 Å². The monoisotopic (exact) mass is 357 g/mol. The standard InChI is InChI=1S/C10H16BrNO4S2/c1-7-4-9(17-10(7)11)18(13,14)12-5-8(16-3)6-15-2/h4,8,12H,5-6H2,1-3H3. The molecule has 18 heavy (non-hydrogen) atoms. The lowest BCUT2D eigenvalue weighted by Crippen LogP contribution is -2.35. The van der Waals surface area contributed by atoms with Gasteiger partial charge in [0.05, 0.1) is 16.5 Å². The predicted octanol–water partition coefficient (Wildman–Crippen LogP) is 1.76. The zero-order valence-electron chi connectivity index (χ0n) is 10.4. The Morgan fingerprint density at radius 3 is 2.61 bits per heavy atom. The van der Waals surface area contributed by atoms with Gasteiger partial charge in [-0.15, -0.1) is 11.3 Å². The molecule has 5 nitrogen and oxygen atoms in total. The quantitative estimate of drug-likeness (QED) is 0.807. The molecule has 104 valence electrons. The van der Waals surface area contributed by atoms with Crippen LogP contribution in [0.2, 0.25) is 0 Å². The first-order valence-corrected chi connectivity index (χ1v) is 8.27. The molecule has 0 saturated carbocycles. The molecule has 0 aliphatic rings. The van der Waals surface area contributed by atoms with Crippen LogP contribution >= 0.6 is 27.3 Å². The maximum Gasteiger partial charge on any atom is 0.250 e. The minimum absolute atomic E-state index is 0.182. The van der Waals surface area contributed by atoms with Gasteiger partial charge >= 0.3 is 0 Å². The Morgan fingerprint density at radius 1 is 1.50 bits per heavy atom. The molecule has 8 heteroatoms. The number of halogens is 1. The molecule has 1 N–H and O–H groups in total. The summed E-state index contributed by atoms with van der Waals surface area (Å²) in [4.78, 5) is 0. The number of rotatable bonds is 7. The van der Waals surface area contributed by atoms with Gasteiger partial charge in [0.2, 0.25) is 10.0 Å². The van der Waals surface area contributed by atoms with E-state index in [2.05, 4.69) is 20.7 Å². The molecule has 0 amide bonds. The summed E-state index contributed by atoms with van der Waals surface area (Å²) >= 11 is 4.50. The first-order chi connectivity index (χ1) is 8.40. The smallest absolute Gasteiger partial charge is 0.250 e. The molecule has 0 aromatic carbocycles. The summed E-state index contributed by atoms with van der Waals surface area (Å²) in [5.41, 5.74) is 0.903. The molecule has 0 saturated heterocycles. The van der Waals surface area contributed by atoms with Crippen LogP contribution in [0.15, 0.2) is 14.1 Å². The second-order valence-corrected chi connectivity index (χ2v) is 8.05. The van der Waals surface area contributed by atoms with Crippen molar-refractivity contribution in [2.24, 2.45) is 0 Å². The Kier molecular flexibility index (Phi) is 6.22. The highest BCUT2D eigenvalue weighted by molar-refractivity contribution is 9.11. The number of sulfonamides is 1. The van der Waals surface area contributed by atoms with E-state index in [-0.39, 0.29) is 12.6 Å². The maximum atomic E-state index is 12.0. The topological polar surface area (TPSA) is 64.6 Å². The first-order valence-electron chi connectivity index (χ1n) is 5.18. The maximum absolute atomic E-state index is 12.0. The number of aryl methyl sites for hydroxylation is 1. The van der Waals surface area contributed by atoms with E-state index in [4.69, 9.17) is 9.47 Å². The van der Waals surface area contributed by atoms with Gasteiger partial charge in [-0.25, -0.2) is 13.1 Å². The van der Waals surface area contributed by atoms with Gasteiger partial charge in [-0.05, 0) is 34.5 Å². The largest absolute Gasteiger partial charge is 0.382 e. The van der Waals surface area contributed by atoms with E-state index in [1.54, 1.807) is 13.2 Å². The van der Waals surface area contributed by atoms with Crippen molar-refractivity contribution in [2.45, 2.75) is 17.2 Å². The summed E-state index contributed by atoms with van der Waals surface area (Å²) in [6.45, 7) is 2.37. The molecule has 0 bridgehead atoms. The lowest BCUT2D eigenvalue weighted by molar-refractivity contribution is 0.0320. The van der Waals surface area contributed by atoms with Crippen LogP contribution in [0.25, 0.3) is 0 Å². The Morgan fingerprint density at radius 2 is 2.17 bits per heavy atom. The van der Waals surface area contributed by atoms with Crippen molar-refractivity contribution in [1.29, 1.82) is 0 Å². The van der Waals surface area contributed by atoms with Crippen molar-refractivity contribution in [3.63, 3.8) is 0 Å². The molecule has 0 fully saturated rings. The van der Waals surface area contributed by atoms with Crippen LogP contribution in [0, 0.1) is 6.92 Å². The van der Waals surface area contributed by atoms with Crippen LogP contribution < -0.4 is 4.72 Å². The Bertz CT molecular complexity index is 467. The second kappa shape index (κ2) is 6.97. The Hall–Kier alpha value is 0.01000. The molecule has 1 unspecified atom stereocenters. The van der Waals surface area contributed by atoms with Gasteiger partial charge in [-0.3, -0.25) is 0 Å². The van der Waals surface area contributed by atoms with Crippen molar-refractivity contribution in [1.82, 2.24) is 4.72 Å². The fraction of sp³-hybridized carbons (Fsp3) is 0.600. The zero-order valence-corrected chi connectivity index (χ0v) is 13.6. The summed E-state index contributed by atoms with van der Waals surface area (Å²) in [6.07, 6.45) is -0.297. The minimum Gasteiger partial charge on any atom is -0.382 e. The van der Waals surface area contributed by atoms with Crippen LogP contribution in [0.3, 0.4) is 0 Å². The van der Waals surface area contributed by atoms with E-state index < -0.39 is 10.0 Å². The van der Waals surface area contributed by atoms with Gasteiger partial charge in [-0.1, -0.05) is 0 Å². The summed E-state index contributed by atoms with van der Waals surface area (Å²) in [7, 11) is -0.423. The fourth-order valence-corrected chi connectivity index (χ4v) is 4.57. The lowest BCUT2D eigenvalue weighted by atomic mass is 10.4. The number of hydrogen-bond acceptors (Lipinski definition) is 5. The van der Waals surface area contributed by atoms with E-state index in [0.29, 0.717) is 10.8 Å². The highest BCUT2D eigenvalue weighted by atomic mass is 79.9. The van der Waals surface area contributed by atoms with Crippen LogP contribution in [0.4, 0.5) is 0 Å².